The predicted octanol–water partition coefficient (Wildman–Crippen LogP) is 2.19. The molecule has 1 amide bonds. The van der Waals surface area contributed by atoms with Crippen molar-refractivity contribution in [3.05, 3.63) is 0 Å². The lowest BCUT2D eigenvalue weighted by Crippen LogP contribution is -2.26. The fourth-order valence-electron chi connectivity index (χ4n) is 3.20. The van der Waals surface area contributed by atoms with E-state index in [9.17, 15) is 4.79 Å². The van der Waals surface area contributed by atoms with Gasteiger partial charge in [-0.05, 0) is 24.2 Å². The van der Waals surface area contributed by atoms with Crippen molar-refractivity contribution < 1.29 is 4.79 Å². The van der Waals surface area contributed by atoms with Crippen molar-refractivity contribution in [1.82, 2.24) is 5.32 Å². The normalized spacial score (nSPS) is 43.7. The van der Waals surface area contributed by atoms with Crippen LogP contribution in [-0.4, -0.2) is 12.5 Å². The molecule has 1 heterocycles. The molecule has 2 fully saturated rings. The maximum atomic E-state index is 11.4. The van der Waals surface area contributed by atoms with Gasteiger partial charge < -0.3 is 5.32 Å². The fourth-order valence-corrected chi connectivity index (χ4v) is 3.20. The summed E-state index contributed by atoms with van der Waals surface area (Å²) in [5, 5.41) is 2.99. The molecular weight excluding hydrogens is 174 g/mol. The number of carbonyl (C=O) groups is 1. The molecule has 4 unspecified atom stereocenters. The molecule has 1 N–H and O–H groups in total. The number of amides is 1. The second-order valence-corrected chi connectivity index (χ2v) is 5.23. The maximum Gasteiger partial charge on any atom is 0.223 e. The van der Waals surface area contributed by atoms with Gasteiger partial charge in [-0.3, -0.25) is 4.79 Å². The van der Waals surface area contributed by atoms with Gasteiger partial charge in [0.1, 0.15) is 0 Å². The summed E-state index contributed by atoms with van der Waals surface area (Å²) in [5.74, 6) is 2.81. The van der Waals surface area contributed by atoms with E-state index in [2.05, 4.69) is 19.2 Å². The van der Waals surface area contributed by atoms with Crippen LogP contribution in [0.1, 0.15) is 39.5 Å². The summed E-state index contributed by atoms with van der Waals surface area (Å²) < 4.78 is 0. The Hall–Kier alpha value is -0.530. The number of hydrogen-bond acceptors (Lipinski definition) is 1. The average molecular weight is 195 g/mol. The van der Waals surface area contributed by atoms with E-state index in [-0.39, 0.29) is 11.8 Å². The number of carbonyl (C=O) groups excluding carboxylic acids is 1. The lowest BCUT2D eigenvalue weighted by atomic mass is 9.73. The van der Waals surface area contributed by atoms with E-state index < -0.39 is 0 Å². The molecule has 1 aliphatic carbocycles. The van der Waals surface area contributed by atoms with Crippen LogP contribution in [0.4, 0.5) is 0 Å². The third-order valence-corrected chi connectivity index (χ3v) is 4.15. The highest BCUT2D eigenvalue weighted by Crippen LogP contribution is 2.38. The predicted molar refractivity (Wildman–Crippen MR) is 56.8 cm³/mol. The minimum absolute atomic E-state index is 0.255. The van der Waals surface area contributed by atoms with E-state index in [1.165, 1.54) is 25.7 Å². The molecule has 2 heteroatoms. The highest BCUT2D eigenvalue weighted by atomic mass is 16.2. The smallest absolute Gasteiger partial charge is 0.223 e. The Kier molecular flexibility index (Phi) is 2.80. The summed E-state index contributed by atoms with van der Waals surface area (Å²) in [6.07, 6.45) is 5.43. The van der Waals surface area contributed by atoms with Crippen molar-refractivity contribution >= 4 is 5.91 Å². The van der Waals surface area contributed by atoms with Crippen LogP contribution in [-0.2, 0) is 4.79 Å². The van der Waals surface area contributed by atoms with Crippen molar-refractivity contribution in [2.45, 2.75) is 39.5 Å². The van der Waals surface area contributed by atoms with Gasteiger partial charge in [0.05, 0.1) is 0 Å². The summed E-state index contributed by atoms with van der Waals surface area (Å²) in [6.45, 7) is 5.37. The Morgan fingerprint density at radius 1 is 1.29 bits per heavy atom. The van der Waals surface area contributed by atoms with Crippen molar-refractivity contribution in [2.75, 3.05) is 6.54 Å². The molecule has 1 saturated carbocycles. The summed E-state index contributed by atoms with van der Waals surface area (Å²) in [6, 6.07) is 0. The average Bonchev–Trinajstić information content (AvgIpc) is 2.48. The summed E-state index contributed by atoms with van der Waals surface area (Å²) >= 11 is 0. The van der Waals surface area contributed by atoms with Gasteiger partial charge in [0.15, 0.2) is 0 Å². The topological polar surface area (TPSA) is 29.1 Å². The molecule has 4 atom stereocenters. The molecule has 80 valence electrons. The first kappa shape index (κ1) is 10.0. The van der Waals surface area contributed by atoms with E-state index in [4.69, 9.17) is 0 Å². The Morgan fingerprint density at radius 3 is 2.64 bits per heavy atom. The molecule has 0 aromatic rings. The fraction of sp³-hybridized carbons (Fsp3) is 0.917. The van der Waals surface area contributed by atoms with Crippen LogP contribution in [0.5, 0.6) is 0 Å². The van der Waals surface area contributed by atoms with Crippen LogP contribution in [0, 0.1) is 23.7 Å². The van der Waals surface area contributed by atoms with Gasteiger partial charge in [-0.15, -0.1) is 0 Å². The molecule has 0 bridgehead atoms. The summed E-state index contributed by atoms with van der Waals surface area (Å²) in [7, 11) is 0. The number of hydrogen-bond donors (Lipinski definition) is 1. The second-order valence-electron chi connectivity index (χ2n) is 5.23. The molecule has 2 aliphatic rings. The highest BCUT2D eigenvalue weighted by Gasteiger charge is 2.37. The van der Waals surface area contributed by atoms with E-state index >= 15 is 0 Å². The molecular formula is C12H21NO. The lowest BCUT2D eigenvalue weighted by Gasteiger charge is -2.32. The van der Waals surface area contributed by atoms with Gasteiger partial charge in [0, 0.05) is 12.5 Å². The van der Waals surface area contributed by atoms with Crippen molar-refractivity contribution in [1.29, 1.82) is 0 Å². The Morgan fingerprint density at radius 2 is 2.07 bits per heavy atom. The standard InChI is InChI=1S/C12H21NO/c1-8-4-3-5-10(6-8)11-7-13-12(14)9(11)2/h8-11H,3-7H2,1-2H3,(H,13,14). The zero-order valence-corrected chi connectivity index (χ0v) is 9.25. The van der Waals surface area contributed by atoms with Crippen LogP contribution in [0.3, 0.4) is 0 Å². The van der Waals surface area contributed by atoms with Crippen molar-refractivity contribution in [3.8, 4) is 0 Å². The van der Waals surface area contributed by atoms with Crippen molar-refractivity contribution in [2.24, 2.45) is 23.7 Å². The molecule has 1 aliphatic heterocycles. The first-order valence-electron chi connectivity index (χ1n) is 5.96. The summed E-state index contributed by atoms with van der Waals surface area (Å²) in [4.78, 5) is 11.4. The van der Waals surface area contributed by atoms with Crippen LogP contribution >= 0.6 is 0 Å². The van der Waals surface area contributed by atoms with E-state index in [0.717, 1.165) is 18.4 Å². The largest absolute Gasteiger partial charge is 0.356 e. The SMILES string of the molecule is CC1CCCC(C2CNC(=O)C2C)C1. The van der Waals surface area contributed by atoms with Crippen LogP contribution < -0.4 is 5.32 Å². The van der Waals surface area contributed by atoms with Gasteiger partial charge in [-0.2, -0.15) is 0 Å². The molecule has 2 nitrogen and oxygen atoms in total. The highest BCUT2D eigenvalue weighted by molar-refractivity contribution is 5.80. The quantitative estimate of drug-likeness (QED) is 0.683. The molecule has 0 spiro atoms. The molecule has 0 aromatic carbocycles. The van der Waals surface area contributed by atoms with Crippen LogP contribution in [0.2, 0.25) is 0 Å². The van der Waals surface area contributed by atoms with E-state index in [0.29, 0.717) is 5.92 Å². The Bertz CT molecular complexity index is 226. The van der Waals surface area contributed by atoms with E-state index in [1.54, 1.807) is 0 Å². The third-order valence-electron chi connectivity index (χ3n) is 4.15. The van der Waals surface area contributed by atoms with Gasteiger partial charge in [-0.25, -0.2) is 0 Å². The first-order valence-corrected chi connectivity index (χ1v) is 5.96. The maximum absolute atomic E-state index is 11.4. The minimum Gasteiger partial charge on any atom is -0.356 e. The lowest BCUT2D eigenvalue weighted by molar-refractivity contribution is -0.122. The zero-order valence-electron chi connectivity index (χ0n) is 9.25. The van der Waals surface area contributed by atoms with Gasteiger partial charge in [0.2, 0.25) is 5.91 Å². The monoisotopic (exact) mass is 195 g/mol. The molecule has 1 saturated heterocycles. The van der Waals surface area contributed by atoms with Gasteiger partial charge >= 0.3 is 0 Å². The third kappa shape index (κ3) is 1.79. The minimum atomic E-state index is 0.255. The van der Waals surface area contributed by atoms with Gasteiger partial charge in [0.25, 0.3) is 0 Å². The summed E-state index contributed by atoms with van der Waals surface area (Å²) in [5.41, 5.74) is 0. The number of rotatable bonds is 1. The first-order chi connectivity index (χ1) is 6.68. The molecule has 2 rings (SSSR count). The number of nitrogens with one attached hydrogen (secondary N) is 1. The molecule has 0 radical (unpaired) electrons. The van der Waals surface area contributed by atoms with Crippen molar-refractivity contribution in [3.63, 3.8) is 0 Å². The Balaban J connectivity index is 1.97. The van der Waals surface area contributed by atoms with Gasteiger partial charge in [-0.1, -0.05) is 33.1 Å². The van der Waals surface area contributed by atoms with E-state index in [1.807, 2.05) is 0 Å². The van der Waals surface area contributed by atoms with Crippen LogP contribution in [0.25, 0.3) is 0 Å². The molecule has 14 heavy (non-hydrogen) atoms. The van der Waals surface area contributed by atoms with Crippen LogP contribution in [0.15, 0.2) is 0 Å². The molecule has 0 aromatic heterocycles. The zero-order chi connectivity index (χ0) is 10.1. The second kappa shape index (κ2) is 3.92. The Labute approximate surface area is 86.5 Å².